The smallest absolute Gasteiger partial charge is 0.294 e. The lowest BCUT2D eigenvalue weighted by atomic mass is 10.1. The number of rotatable bonds is 4. The number of hydrogen-bond donors (Lipinski definition) is 1. The van der Waals surface area contributed by atoms with Gasteiger partial charge in [-0.3, -0.25) is 19.7 Å². The number of benzene rings is 2. The van der Waals surface area contributed by atoms with E-state index >= 15 is 0 Å². The monoisotopic (exact) mass is 390 g/mol. The summed E-state index contributed by atoms with van der Waals surface area (Å²) in [5, 5.41) is 18.4. The van der Waals surface area contributed by atoms with E-state index in [4.69, 9.17) is 0 Å². The van der Waals surface area contributed by atoms with Crippen LogP contribution in [0.15, 0.2) is 59.4 Å². The van der Waals surface area contributed by atoms with Gasteiger partial charge < -0.3 is 5.32 Å². The van der Waals surface area contributed by atoms with Gasteiger partial charge in [0.25, 0.3) is 11.6 Å². The van der Waals surface area contributed by atoms with Crippen LogP contribution in [0.4, 0.5) is 5.69 Å². The zero-order chi connectivity index (χ0) is 20.5. The van der Waals surface area contributed by atoms with Crippen molar-refractivity contribution in [3.8, 4) is 5.69 Å². The fourth-order valence-corrected chi connectivity index (χ4v) is 3.68. The van der Waals surface area contributed by atoms with Crippen LogP contribution in [-0.4, -0.2) is 20.6 Å². The molecule has 1 atom stereocenters. The normalized spacial score (nSPS) is 15.0. The van der Waals surface area contributed by atoms with Crippen LogP contribution in [0.2, 0.25) is 0 Å². The quantitative estimate of drug-likeness (QED) is 0.544. The van der Waals surface area contributed by atoms with Gasteiger partial charge in [0.2, 0.25) is 5.43 Å². The first-order chi connectivity index (χ1) is 14.0. The molecular weight excluding hydrogens is 372 g/mol. The Hall–Kier alpha value is -3.81. The van der Waals surface area contributed by atoms with Gasteiger partial charge in [0.15, 0.2) is 5.69 Å². The maximum absolute atomic E-state index is 12.8. The van der Waals surface area contributed by atoms with Gasteiger partial charge in [-0.15, -0.1) is 0 Å². The summed E-state index contributed by atoms with van der Waals surface area (Å²) in [5.74, 6) is -0.593. The van der Waals surface area contributed by atoms with Crippen LogP contribution in [0.3, 0.4) is 0 Å². The van der Waals surface area contributed by atoms with Crippen LogP contribution in [-0.2, 0) is 6.42 Å². The molecule has 0 saturated carbocycles. The lowest BCUT2D eigenvalue weighted by molar-refractivity contribution is -0.384. The number of aromatic nitrogens is 2. The highest BCUT2D eigenvalue weighted by atomic mass is 16.6. The van der Waals surface area contributed by atoms with Crippen molar-refractivity contribution in [3.05, 3.63) is 97.4 Å². The van der Waals surface area contributed by atoms with Crippen LogP contribution in [0, 0.1) is 17.0 Å². The van der Waals surface area contributed by atoms with E-state index in [1.54, 1.807) is 19.1 Å². The number of nitro benzene ring substituents is 1. The van der Waals surface area contributed by atoms with E-state index in [-0.39, 0.29) is 23.1 Å². The standard InChI is InChI=1S/C21H18N4O4/c1-13-12-19(26)20(23-24(13)17-8-4-5-9-18(17)25(28)29)21(27)22-16-11-10-14-6-2-3-7-15(14)16/h2-9,12,16H,10-11H2,1H3,(H,22,27). The summed E-state index contributed by atoms with van der Waals surface area (Å²) in [6.45, 7) is 1.61. The van der Waals surface area contributed by atoms with Gasteiger partial charge in [-0.25, -0.2) is 4.68 Å². The molecule has 0 bridgehead atoms. The highest BCUT2D eigenvalue weighted by molar-refractivity contribution is 5.92. The predicted octanol–water partition coefficient (Wildman–Crippen LogP) is 2.87. The van der Waals surface area contributed by atoms with Crippen molar-refractivity contribution in [1.29, 1.82) is 0 Å². The van der Waals surface area contributed by atoms with Crippen LogP contribution in [0.5, 0.6) is 0 Å². The van der Waals surface area contributed by atoms with Crippen molar-refractivity contribution < 1.29 is 9.72 Å². The number of carbonyl (C=O) groups excluding carboxylic acids is 1. The lowest BCUT2D eigenvalue weighted by Crippen LogP contribution is -2.34. The first-order valence-corrected chi connectivity index (χ1v) is 9.19. The van der Waals surface area contributed by atoms with Gasteiger partial charge in [0.05, 0.1) is 11.0 Å². The van der Waals surface area contributed by atoms with E-state index in [9.17, 15) is 19.7 Å². The molecule has 0 spiro atoms. The lowest BCUT2D eigenvalue weighted by Gasteiger charge is -2.15. The van der Waals surface area contributed by atoms with Gasteiger partial charge in [0, 0.05) is 17.8 Å². The molecule has 0 aliphatic heterocycles. The van der Waals surface area contributed by atoms with Crippen LogP contribution in [0.1, 0.15) is 39.8 Å². The van der Waals surface area contributed by atoms with E-state index in [1.807, 2.05) is 24.3 Å². The number of para-hydroxylation sites is 2. The Morgan fingerprint density at radius 3 is 2.72 bits per heavy atom. The van der Waals surface area contributed by atoms with Crippen LogP contribution >= 0.6 is 0 Å². The second kappa shape index (κ2) is 7.31. The van der Waals surface area contributed by atoms with E-state index in [1.165, 1.54) is 28.4 Å². The largest absolute Gasteiger partial charge is 0.344 e. The molecule has 4 rings (SSSR count). The Morgan fingerprint density at radius 1 is 1.21 bits per heavy atom. The summed E-state index contributed by atoms with van der Waals surface area (Å²) in [4.78, 5) is 36.1. The highest BCUT2D eigenvalue weighted by Gasteiger charge is 2.26. The minimum atomic E-state index is -0.593. The van der Waals surface area contributed by atoms with E-state index < -0.39 is 16.3 Å². The Bertz CT molecular complexity index is 1190. The summed E-state index contributed by atoms with van der Waals surface area (Å²) < 4.78 is 1.26. The number of nitro groups is 1. The second-order valence-corrected chi connectivity index (χ2v) is 6.92. The number of hydrogen-bond acceptors (Lipinski definition) is 5. The van der Waals surface area contributed by atoms with E-state index in [2.05, 4.69) is 10.4 Å². The molecule has 29 heavy (non-hydrogen) atoms. The summed E-state index contributed by atoms with van der Waals surface area (Å²) in [5.41, 5.74) is 1.81. The molecule has 0 radical (unpaired) electrons. The average Bonchev–Trinajstić information content (AvgIpc) is 3.11. The van der Waals surface area contributed by atoms with Gasteiger partial charge in [-0.2, -0.15) is 5.10 Å². The first kappa shape index (κ1) is 18.5. The number of nitrogens with zero attached hydrogens (tertiary/aromatic N) is 3. The maximum Gasteiger partial charge on any atom is 0.294 e. The molecule has 3 aromatic rings. The van der Waals surface area contributed by atoms with Gasteiger partial charge in [-0.05, 0) is 37.0 Å². The highest BCUT2D eigenvalue weighted by Crippen LogP contribution is 2.30. The molecule has 2 aromatic carbocycles. The molecular formula is C21H18N4O4. The molecule has 1 aliphatic rings. The van der Waals surface area contributed by atoms with E-state index in [0.717, 1.165) is 18.4 Å². The molecule has 8 nitrogen and oxygen atoms in total. The number of carbonyl (C=O) groups is 1. The van der Waals surface area contributed by atoms with Crippen LogP contribution < -0.4 is 10.7 Å². The van der Waals surface area contributed by atoms with Gasteiger partial charge >= 0.3 is 0 Å². The zero-order valence-electron chi connectivity index (χ0n) is 15.7. The molecule has 0 saturated heterocycles. The van der Waals surface area contributed by atoms with Crippen LogP contribution in [0.25, 0.3) is 5.69 Å². The average molecular weight is 390 g/mol. The molecule has 1 amide bonds. The Kier molecular flexibility index (Phi) is 4.67. The Morgan fingerprint density at radius 2 is 1.93 bits per heavy atom. The van der Waals surface area contributed by atoms with Crippen molar-refractivity contribution >= 4 is 11.6 Å². The van der Waals surface area contributed by atoms with Gasteiger partial charge in [-0.1, -0.05) is 36.4 Å². The summed E-state index contributed by atoms with van der Waals surface area (Å²) in [6, 6.07) is 15.0. The van der Waals surface area contributed by atoms with Crippen molar-refractivity contribution in [1.82, 2.24) is 15.1 Å². The first-order valence-electron chi connectivity index (χ1n) is 9.19. The molecule has 1 N–H and O–H groups in total. The van der Waals surface area contributed by atoms with Crippen molar-refractivity contribution in [2.75, 3.05) is 0 Å². The summed E-state index contributed by atoms with van der Waals surface area (Å²) >= 11 is 0. The summed E-state index contributed by atoms with van der Waals surface area (Å²) in [7, 11) is 0. The van der Waals surface area contributed by atoms with Gasteiger partial charge in [0.1, 0.15) is 5.69 Å². The van der Waals surface area contributed by atoms with Crippen molar-refractivity contribution in [3.63, 3.8) is 0 Å². The fourth-order valence-electron chi connectivity index (χ4n) is 3.68. The number of fused-ring (bicyclic) bond motifs is 1. The third-order valence-electron chi connectivity index (χ3n) is 5.07. The fraction of sp³-hybridized carbons (Fsp3) is 0.190. The SMILES string of the molecule is Cc1cc(=O)c(C(=O)NC2CCc3ccccc32)nn1-c1ccccc1[N+](=O)[O-]. The third-order valence-corrected chi connectivity index (χ3v) is 5.07. The second-order valence-electron chi connectivity index (χ2n) is 6.92. The molecule has 1 aliphatic carbocycles. The molecule has 146 valence electrons. The van der Waals surface area contributed by atoms with E-state index in [0.29, 0.717) is 5.69 Å². The minimum Gasteiger partial charge on any atom is -0.344 e. The number of nitrogens with one attached hydrogen (secondary N) is 1. The molecule has 8 heteroatoms. The predicted molar refractivity (Wildman–Crippen MR) is 106 cm³/mol. The number of amides is 1. The summed E-state index contributed by atoms with van der Waals surface area (Å²) in [6.07, 6.45) is 1.60. The van der Waals surface area contributed by atoms with Crippen molar-refractivity contribution in [2.45, 2.75) is 25.8 Å². The minimum absolute atomic E-state index is 0.164. The maximum atomic E-state index is 12.8. The topological polar surface area (TPSA) is 107 Å². The third kappa shape index (κ3) is 3.40. The van der Waals surface area contributed by atoms with Crippen molar-refractivity contribution in [2.24, 2.45) is 0 Å². The molecule has 1 heterocycles. The Labute approximate surface area is 166 Å². The number of aryl methyl sites for hydroxylation is 2. The Balaban J connectivity index is 1.71. The zero-order valence-corrected chi connectivity index (χ0v) is 15.7. The molecule has 0 fully saturated rings. The molecule has 1 unspecified atom stereocenters. The molecule has 1 aromatic heterocycles.